The maximum Gasteiger partial charge on any atom is 0.244 e. The van der Waals surface area contributed by atoms with Crippen LogP contribution in [0, 0.1) is 5.92 Å². The maximum absolute atomic E-state index is 10.8. The van der Waals surface area contributed by atoms with Gasteiger partial charge in [0.15, 0.2) is 0 Å². The second kappa shape index (κ2) is 4.54. The van der Waals surface area contributed by atoms with Crippen LogP contribution in [0.2, 0.25) is 0 Å². The first-order chi connectivity index (χ1) is 5.49. The second-order valence-corrected chi connectivity index (χ2v) is 2.84. The molecule has 0 saturated carbocycles. The molecule has 0 aromatic rings. The van der Waals surface area contributed by atoms with E-state index in [2.05, 4.69) is 11.9 Å². The normalized spacial score (nSPS) is 12.2. The van der Waals surface area contributed by atoms with E-state index in [-0.39, 0.29) is 11.8 Å². The van der Waals surface area contributed by atoms with E-state index >= 15 is 0 Å². The van der Waals surface area contributed by atoms with Gasteiger partial charge in [-0.25, -0.2) is 0 Å². The first kappa shape index (κ1) is 10.7. The lowest BCUT2D eigenvalue weighted by Gasteiger charge is -2.17. The fourth-order valence-corrected chi connectivity index (χ4v) is 0.779. The van der Waals surface area contributed by atoms with E-state index in [1.165, 1.54) is 0 Å². The Labute approximate surface area is 71.8 Å². The topological polar surface area (TPSA) is 72.2 Å². The van der Waals surface area contributed by atoms with Crippen molar-refractivity contribution in [1.82, 2.24) is 5.32 Å². The fraction of sp³-hybridized carbons (Fsp3) is 0.500. The van der Waals surface area contributed by atoms with Crippen molar-refractivity contribution in [2.45, 2.75) is 19.9 Å². The minimum Gasteiger partial charge on any atom is -0.368 e. The van der Waals surface area contributed by atoms with E-state index < -0.39 is 11.9 Å². The fourth-order valence-electron chi connectivity index (χ4n) is 0.779. The molecule has 0 aliphatic carbocycles. The zero-order chi connectivity index (χ0) is 9.72. The summed E-state index contributed by atoms with van der Waals surface area (Å²) in [5.41, 5.74) is 5.05. The molecule has 0 fully saturated rings. The Hall–Kier alpha value is -1.32. The molecule has 0 bridgehead atoms. The highest BCUT2D eigenvalue weighted by atomic mass is 16.2. The van der Waals surface area contributed by atoms with Crippen molar-refractivity contribution in [3.63, 3.8) is 0 Å². The largest absolute Gasteiger partial charge is 0.368 e. The smallest absolute Gasteiger partial charge is 0.244 e. The van der Waals surface area contributed by atoms with Gasteiger partial charge in [-0.2, -0.15) is 0 Å². The van der Waals surface area contributed by atoms with Gasteiger partial charge in [0.05, 0.1) is 0 Å². The lowest BCUT2D eigenvalue weighted by molar-refractivity contribution is -0.126. The standard InChI is InChI=1S/C8H14N2O2/c1-4-6(11)10-7(5(2)3)8(9)12/h4-5,7H,1H2,2-3H3,(H2,9,12)(H,10,11)/t7-/m0/s1. The Morgan fingerprint density at radius 2 is 2.00 bits per heavy atom. The van der Waals surface area contributed by atoms with Gasteiger partial charge in [-0.15, -0.1) is 0 Å². The third-order valence-corrected chi connectivity index (χ3v) is 1.46. The summed E-state index contributed by atoms with van der Waals surface area (Å²) in [5.74, 6) is -0.917. The average molecular weight is 170 g/mol. The highest BCUT2D eigenvalue weighted by Gasteiger charge is 2.19. The molecule has 0 rings (SSSR count). The molecule has 0 unspecified atom stereocenters. The SMILES string of the molecule is C=CC(=O)N[C@H](C(N)=O)C(C)C. The summed E-state index contributed by atoms with van der Waals surface area (Å²) in [6, 6.07) is -0.615. The van der Waals surface area contributed by atoms with Crippen LogP contribution in [0.1, 0.15) is 13.8 Å². The highest BCUT2D eigenvalue weighted by Crippen LogP contribution is 1.99. The van der Waals surface area contributed by atoms with Crippen LogP contribution in [-0.4, -0.2) is 17.9 Å². The molecule has 12 heavy (non-hydrogen) atoms. The number of nitrogens with one attached hydrogen (secondary N) is 1. The van der Waals surface area contributed by atoms with E-state index in [4.69, 9.17) is 5.73 Å². The molecule has 2 amide bonds. The Morgan fingerprint density at radius 3 is 2.25 bits per heavy atom. The summed E-state index contributed by atoms with van der Waals surface area (Å²) >= 11 is 0. The summed E-state index contributed by atoms with van der Waals surface area (Å²) in [5, 5.41) is 2.43. The van der Waals surface area contributed by atoms with Crippen LogP contribution in [-0.2, 0) is 9.59 Å². The lowest BCUT2D eigenvalue weighted by atomic mass is 10.0. The molecule has 4 heteroatoms. The molecule has 0 aliphatic rings. The Balaban J connectivity index is 4.23. The Kier molecular flexibility index (Phi) is 4.04. The van der Waals surface area contributed by atoms with Crippen molar-refractivity contribution in [3.05, 3.63) is 12.7 Å². The van der Waals surface area contributed by atoms with Crippen LogP contribution in [0.15, 0.2) is 12.7 Å². The van der Waals surface area contributed by atoms with Gasteiger partial charge in [0, 0.05) is 0 Å². The molecule has 68 valence electrons. The van der Waals surface area contributed by atoms with Crippen molar-refractivity contribution in [2.24, 2.45) is 11.7 Å². The first-order valence-electron chi connectivity index (χ1n) is 3.71. The number of carbonyl (C=O) groups is 2. The molecule has 4 nitrogen and oxygen atoms in total. The van der Waals surface area contributed by atoms with Gasteiger partial charge in [-0.1, -0.05) is 20.4 Å². The monoisotopic (exact) mass is 170 g/mol. The van der Waals surface area contributed by atoms with Crippen LogP contribution in [0.4, 0.5) is 0 Å². The van der Waals surface area contributed by atoms with Gasteiger partial charge >= 0.3 is 0 Å². The third-order valence-electron chi connectivity index (χ3n) is 1.46. The van der Waals surface area contributed by atoms with Crippen molar-refractivity contribution >= 4 is 11.8 Å². The minimum absolute atomic E-state index is 0.00796. The van der Waals surface area contributed by atoms with Crippen LogP contribution in [0.5, 0.6) is 0 Å². The molecular formula is C8H14N2O2. The molecule has 0 aromatic heterocycles. The van der Waals surface area contributed by atoms with Gasteiger partial charge in [0.25, 0.3) is 0 Å². The van der Waals surface area contributed by atoms with Crippen LogP contribution in [0.25, 0.3) is 0 Å². The maximum atomic E-state index is 10.8. The number of amides is 2. The van der Waals surface area contributed by atoms with E-state index in [0.29, 0.717) is 0 Å². The predicted octanol–water partition coefficient (Wildman–Crippen LogP) is -0.202. The van der Waals surface area contributed by atoms with Crippen molar-refractivity contribution in [2.75, 3.05) is 0 Å². The number of rotatable bonds is 4. The first-order valence-corrected chi connectivity index (χ1v) is 3.71. The molecule has 0 aromatic carbocycles. The summed E-state index contributed by atoms with van der Waals surface area (Å²) in [6.45, 7) is 6.88. The summed E-state index contributed by atoms with van der Waals surface area (Å²) in [7, 11) is 0. The summed E-state index contributed by atoms with van der Waals surface area (Å²) in [4.78, 5) is 21.6. The number of primary amides is 1. The molecule has 0 spiro atoms. The van der Waals surface area contributed by atoms with E-state index in [1.54, 1.807) is 13.8 Å². The minimum atomic E-state index is -0.615. The summed E-state index contributed by atoms with van der Waals surface area (Å²) < 4.78 is 0. The van der Waals surface area contributed by atoms with Crippen LogP contribution >= 0.6 is 0 Å². The highest BCUT2D eigenvalue weighted by molar-refractivity contribution is 5.92. The van der Waals surface area contributed by atoms with Crippen molar-refractivity contribution in [3.8, 4) is 0 Å². The number of hydrogen-bond donors (Lipinski definition) is 2. The number of carbonyl (C=O) groups excluding carboxylic acids is 2. The van der Waals surface area contributed by atoms with Crippen molar-refractivity contribution in [1.29, 1.82) is 0 Å². The number of nitrogens with two attached hydrogens (primary N) is 1. The Morgan fingerprint density at radius 1 is 1.50 bits per heavy atom. The molecular weight excluding hydrogens is 156 g/mol. The lowest BCUT2D eigenvalue weighted by Crippen LogP contribution is -2.47. The molecule has 1 atom stereocenters. The molecule has 0 aliphatic heterocycles. The number of hydrogen-bond acceptors (Lipinski definition) is 2. The molecule has 0 heterocycles. The van der Waals surface area contributed by atoms with Crippen LogP contribution < -0.4 is 11.1 Å². The molecule has 0 radical (unpaired) electrons. The zero-order valence-electron chi connectivity index (χ0n) is 7.33. The van der Waals surface area contributed by atoms with Gasteiger partial charge in [-0.05, 0) is 12.0 Å². The summed E-state index contributed by atoms with van der Waals surface area (Å²) in [6.07, 6.45) is 1.11. The van der Waals surface area contributed by atoms with Gasteiger partial charge in [0.2, 0.25) is 11.8 Å². The molecule has 0 saturated heterocycles. The second-order valence-electron chi connectivity index (χ2n) is 2.84. The third kappa shape index (κ3) is 3.18. The van der Waals surface area contributed by atoms with Gasteiger partial charge in [0.1, 0.15) is 6.04 Å². The van der Waals surface area contributed by atoms with Crippen molar-refractivity contribution < 1.29 is 9.59 Å². The average Bonchev–Trinajstić information content (AvgIpc) is 1.98. The molecule has 3 N–H and O–H groups in total. The van der Waals surface area contributed by atoms with E-state index in [9.17, 15) is 9.59 Å². The Bertz CT molecular complexity index is 199. The van der Waals surface area contributed by atoms with Gasteiger partial charge in [-0.3, -0.25) is 9.59 Å². The van der Waals surface area contributed by atoms with Crippen LogP contribution in [0.3, 0.4) is 0 Å². The zero-order valence-corrected chi connectivity index (χ0v) is 7.33. The van der Waals surface area contributed by atoms with Gasteiger partial charge < -0.3 is 11.1 Å². The predicted molar refractivity (Wildman–Crippen MR) is 46.2 cm³/mol. The quantitative estimate of drug-likeness (QED) is 0.573. The van der Waals surface area contributed by atoms with E-state index in [1.807, 2.05) is 0 Å². The van der Waals surface area contributed by atoms with E-state index in [0.717, 1.165) is 6.08 Å².